The summed E-state index contributed by atoms with van der Waals surface area (Å²) in [4.78, 5) is 21.4. The molecule has 0 rings (SSSR count). The van der Waals surface area contributed by atoms with Crippen LogP contribution in [0.5, 0.6) is 0 Å². The molecule has 0 aromatic heterocycles. The van der Waals surface area contributed by atoms with Gasteiger partial charge in [0.15, 0.2) is 0 Å². The van der Waals surface area contributed by atoms with Crippen molar-refractivity contribution in [3.05, 3.63) is 12.2 Å². The number of carboxylic acid groups (broad SMARTS) is 2. The quantitative estimate of drug-likeness (QED) is 0.203. The second-order valence-corrected chi connectivity index (χ2v) is 7.35. The zero-order chi connectivity index (χ0) is 19.5. The van der Waals surface area contributed by atoms with Gasteiger partial charge in [0.05, 0.1) is 5.92 Å². The standard InChI is InChI=1S/C22H40O4.K/c1-2-3-4-5-6-7-8-9-10-11-12-13-14-15-16-17-18-20(22(25)26)19-21(23)24;/h16-17,20H,2-15,18-19H2,1H3,(H,23,24)(H,25,26);/q;+1/p-1/b17-16+;. The van der Waals surface area contributed by atoms with Crippen molar-refractivity contribution in [2.45, 2.75) is 110 Å². The fraction of sp³-hybridized carbons (Fsp3) is 0.818. The number of rotatable bonds is 19. The van der Waals surface area contributed by atoms with Crippen LogP contribution >= 0.6 is 0 Å². The van der Waals surface area contributed by atoms with E-state index in [9.17, 15) is 14.7 Å². The zero-order valence-electron chi connectivity index (χ0n) is 17.7. The Hall–Kier alpha value is 0.316. The second kappa shape index (κ2) is 22.6. The summed E-state index contributed by atoms with van der Waals surface area (Å²) in [5.41, 5.74) is 0. The maximum absolute atomic E-state index is 10.9. The Bertz CT molecular complexity index is 383. The van der Waals surface area contributed by atoms with E-state index in [1.54, 1.807) is 6.08 Å². The SMILES string of the molecule is CCCCCCCCCCCCCCC/C=C/CC(CC(=O)[O-])C(=O)O.[K+]. The van der Waals surface area contributed by atoms with Crippen LogP contribution in [0.15, 0.2) is 12.2 Å². The topological polar surface area (TPSA) is 77.4 Å². The Morgan fingerprint density at radius 1 is 0.815 bits per heavy atom. The van der Waals surface area contributed by atoms with Crippen molar-refractivity contribution in [2.24, 2.45) is 5.92 Å². The van der Waals surface area contributed by atoms with E-state index in [1.807, 2.05) is 6.08 Å². The normalized spacial score (nSPS) is 12.0. The molecule has 27 heavy (non-hydrogen) atoms. The van der Waals surface area contributed by atoms with Crippen LogP contribution in [0, 0.1) is 5.92 Å². The molecule has 0 heterocycles. The first kappa shape index (κ1) is 29.5. The minimum absolute atomic E-state index is 0. The Kier molecular flexibility index (Phi) is 24.7. The Balaban J connectivity index is 0. The van der Waals surface area contributed by atoms with Gasteiger partial charge in [-0.05, 0) is 19.3 Å². The fourth-order valence-electron chi connectivity index (χ4n) is 3.13. The summed E-state index contributed by atoms with van der Waals surface area (Å²) in [6.07, 6.45) is 21.9. The molecule has 0 fully saturated rings. The number of carbonyl (C=O) groups is 2. The number of allylic oxidation sites excluding steroid dienone is 2. The van der Waals surface area contributed by atoms with E-state index in [1.165, 1.54) is 77.0 Å². The molecular weight excluding hydrogens is 367 g/mol. The molecule has 1 atom stereocenters. The molecule has 0 aliphatic rings. The largest absolute Gasteiger partial charge is 1.00 e. The maximum Gasteiger partial charge on any atom is 1.00 e. The van der Waals surface area contributed by atoms with E-state index in [0.29, 0.717) is 0 Å². The second-order valence-electron chi connectivity index (χ2n) is 7.35. The predicted molar refractivity (Wildman–Crippen MR) is 105 cm³/mol. The van der Waals surface area contributed by atoms with Crippen LogP contribution in [-0.4, -0.2) is 17.0 Å². The molecule has 0 saturated heterocycles. The van der Waals surface area contributed by atoms with Crippen molar-refractivity contribution in [3.8, 4) is 0 Å². The molecule has 0 aliphatic heterocycles. The van der Waals surface area contributed by atoms with Gasteiger partial charge in [-0.15, -0.1) is 0 Å². The summed E-state index contributed by atoms with van der Waals surface area (Å²) in [5, 5.41) is 19.4. The molecule has 4 nitrogen and oxygen atoms in total. The summed E-state index contributed by atoms with van der Waals surface area (Å²) in [7, 11) is 0. The van der Waals surface area contributed by atoms with Crippen LogP contribution in [-0.2, 0) is 9.59 Å². The third-order valence-electron chi connectivity index (χ3n) is 4.82. The van der Waals surface area contributed by atoms with E-state index < -0.39 is 24.3 Å². The average Bonchev–Trinajstić information content (AvgIpc) is 2.59. The first-order valence-corrected chi connectivity index (χ1v) is 10.7. The molecule has 0 saturated carbocycles. The number of hydrogen-bond acceptors (Lipinski definition) is 3. The molecule has 0 bridgehead atoms. The summed E-state index contributed by atoms with van der Waals surface area (Å²) in [5.74, 6) is -3.25. The van der Waals surface area contributed by atoms with Gasteiger partial charge in [0.1, 0.15) is 0 Å². The third-order valence-corrected chi connectivity index (χ3v) is 4.82. The van der Waals surface area contributed by atoms with Crippen LogP contribution in [0.1, 0.15) is 110 Å². The molecule has 0 radical (unpaired) electrons. The number of carbonyl (C=O) groups excluding carboxylic acids is 1. The van der Waals surface area contributed by atoms with Crippen LogP contribution in [0.4, 0.5) is 0 Å². The van der Waals surface area contributed by atoms with Gasteiger partial charge < -0.3 is 15.0 Å². The minimum atomic E-state index is -1.30. The van der Waals surface area contributed by atoms with E-state index in [2.05, 4.69) is 6.92 Å². The maximum atomic E-state index is 10.9. The van der Waals surface area contributed by atoms with Gasteiger partial charge in [-0.2, -0.15) is 0 Å². The molecule has 1 unspecified atom stereocenters. The first-order valence-electron chi connectivity index (χ1n) is 10.7. The van der Waals surface area contributed by atoms with Crippen LogP contribution in [0.2, 0.25) is 0 Å². The number of unbranched alkanes of at least 4 members (excludes halogenated alkanes) is 13. The van der Waals surface area contributed by atoms with Crippen molar-refractivity contribution in [1.82, 2.24) is 0 Å². The van der Waals surface area contributed by atoms with Crippen LogP contribution in [0.25, 0.3) is 0 Å². The Morgan fingerprint density at radius 3 is 1.67 bits per heavy atom. The molecule has 0 amide bonds. The van der Waals surface area contributed by atoms with E-state index >= 15 is 0 Å². The van der Waals surface area contributed by atoms with Crippen molar-refractivity contribution in [1.29, 1.82) is 0 Å². The van der Waals surface area contributed by atoms with Gasteiger partial charge in [0, 0.05) is 12.4 Å². The zero-order valence-corrected chi connectivity index (χ0v) is 20.8. The summed E-state index contributed by atoms with van der Waals surface area (Å²) >= 11 is 0. The van der Waals surface area contributed by atoms with Crippen molar-refractivity contribution < 1.29 is 71.2 Å². The molecule has 1 N–H and O–H groups in total. The molecule has 5 heteroatoms. The summed E-state index contributed by atoms with van der Waals surface area (Å²) < 4.78 is 0. The Morgan fingerprint density at radius 2 is 1.26 bits per heavy atom. The minimum Gasteiger partial charge on any atom is -0.550 e. The van der Waals surface area contributed by atoms with Crippen LogP contribution in [0.3, 0.4) is 0 Å². The summed E-state index contributed by atoms with van der Waals surface area (Å²) in [6, 6.07) is 0. The van der Waals surface area contributed by atoms with Crippen molar-refractivity contribution in [2.75, 3.05) is 0 Å². The smallest absolute Gasteiger partial charge is 0.550 e. The molecule has 0 aliphatic carbocycles. The predicted octanol–water partition coefficient (Wildman–Crippen LogP) is 2.26. The average molecular weight is 407 g/mol. The van der Waals surface area contributed by atoms with Gasteiger partial charge in [-0.1, -0.05) is 96.1 Å². The monoisotopic (exact) mass is 406 g/mol. The summed E-state index contributed by atoms with van der Waals surface area (Å²) in [6.45, 7) is 2.26. The fourth-order valence-corrected chi connectivity index (χ4v) is 3.13. The molecule has 0 aromatic carbocycles. The van der Waals surface area contributed by atoms with Gasteiger partial charge in [0.25, 0.3) is 0 Å². The Labute approximate surface area is 209 Å². The number of carboxylic acids is 2. The van der Waals surface area contributed by atoms with E-state index in [0.717, 1.165) is 12.8 Å². The molecular formula is C22H39KO4. The van der Waals surface area contributed by atoms with Gasteiger partial charge in [-0.25, -0.2) is 0 Å². The third kappa shape index (κ3) is 22.5. The van der Waals surface area contributed by atoms with E-state index in [4.69, 9.17) is 5.11 Å². The van der Waals surface area contributed by atoms with Gasteiger partial charge >= 0.3 is 57.4 Å². The van der Waals surface area contributed by atoms with Gasteiger partial charge in [0.2, 0.25) is 0 Å². The molecule has 152 valence electrons. The number of hydrogen-bond donors (Lipinski definition) is 1. The van der Waals surface area contributed by atoms with Crippen molar-refractivity contribution >= 4 is 11.9 Å². The van der Waals surface area contributed by atoms with Crippen LogP contribution < -0.4 is 56.5 Å². The van der Waals surface area contributed by atoms with Crippen molar-refractivity contribution in [3.63, 3.8) is 0 Å². The first-order chi connectivity index (χ1) is 12.6. The molecule has 0 aromatic rings. The van der Waals surface area contributed by atoms with Gasteiger partial charge in [-0.3, -0.25) is 4.79 Å². The number of aliphatic carboxylic acids is 2. The van der Waals surface area contributed by atoms with E-state index in [-0.39, 0.29) is 57.8 Å². The molecule has 0 spiro atoms.